The molecule has 0 saturated carbocycles. The number of hydrogen-bond acceptors (Lipinski definition) is 14. The molecule has 3 aromatic carbocycles. The lowest BCUT2D eigenvalue weighted by atomic mass is 10.1. The van der Waals surface area contributed by atoms with Gasteiger partial charge in [-0.05, 0) is 105 Å². The van der Waals surface area contributed by atoms with Crippen LogP contribution in [-0.2, 0) is 44.3 Å². The lowest BCUT2D eigenvalue weighted by Gasteiger charge is -2.16. The summed E-state index contributed by atoms with van der Waals surface area (Å²) in [6, 6.07) is 14.0. The Bertz CT molecular complexity index is 2110. The summed E-state index contributed by atoms with van der Waals surface area (Å²) in [5.41, 5.74) is -1.32. The van der Waals surface area contributed by atoms with E-state index in [1.165, 1.54) is 48.5 Å². The first-order valence-electron chi connectivity index (χ1n) is 21.0. The van der Waals surface area contributed by atoms with E-state index in [1.807, 2.05) is 0 Å². The van der Waals surface area contributed by atoms with Crippen LogP contribution in [0, 0.1) is 0 Å². The predicted octanol–water partition coefficient (Wildman–Crippen LogP) is 9.46. The molecule has 2 unspecified atom stereocenters. The zero-order chi connectivity index (χ0) is 48.3. The van der Waals surface area contributed by atoms with E-state index < -0.39 is 71.3 Å². The van der Waals surface area contributed by atoms with Crippen molar-refractivity contribution in [3.8, 4) is 23.0 Å². The van der Waals surface area contributed by atoms with Crippen LogP contribution in [0.5, 0.6) is 23.0 Å². The zero-order valence-electron chi connectivity index (χ0n) is 36.4. The molecule has 2 atom stereocenters. The molecule has 0 fully saturated rings. The molecule has 0 aliphatic carbocycles. The molecule has 0 aliphatic heterocycles. The van der Waals surface area contributed by atoms with Gasteiger partial charge < -0.3 is 37.9 Å². The summed E-state index contributed by atoms with van der Waals surface area (Å²) in [5, 5.41) is 0. The Morgan fingerprint density at radius 1 is 0.500 bits per heavy atom. The van der Waals surface area contributed by atoms with E-state index in [4.69, 9.17) is 37.9 Å². The fourth-order valence-electron chi connectivity index (χ4n) is 5.86. The smallest absolute Gasteiger partial charge is 0.420 e. The van der Waals surface area contributed by atoms with Crippen molar-refractivity contribution in [2.75, 3.05) is 26.4 Å². The normalized spacial score (nSPS) is 11.7. The number of carbonyl (C=O) groups excluding carboxylic acids is 6. The first kappa shape index (κ1) is 53.2. The Labute approximate surface area is 380 Å². The largest absolute Gasteiger partial charge is 0.494 e. The van der Waals surface area contributed by atoms with Crippen LogP contribution in [0.25, 0.3) is 0 Å². The minimum Gasteiger partial charge on any atom is -0.494 e. The van der Waals surface area contributed by atoms with Crippen LogP contribution in [0.1, 0.15) is 90.5 Å². The molecule has 3 aromatic rings. The van der Waals surface area contributed by atoms with E-state index in [2.05, 4.69) is 26.3 Å². The van der Waals surface area contributed by atoms with Gasteiger partial charge in [0.05, 0.1) is 24.3 Å². The third kappa shape index (κ3) is 20.1. The lowest BCUT2D eigenvalue weighted by molar-refractivity contribution is -0.153. The second-order valence-electron chi connectivity index (χ2n) is 14.3. The number of ether oxygens (including phenoxy) is 8. The summed E-state index contributed by atoms with van der Waals surface area (Å²) in [6.07, 6.45) is 4.66. The predicted molar refractivity (Wildman–Crippen MR) is 234 cm³/mol. The first-order valence-corrected chi connectivity index (χ1v) is 21.0. The number of carbonyl (C=O) groups is 6. The van der Waals surface area contributed by atoms with Crippen molar-refractivity contribution in [1.29, 1.82) is 0 Å². The average Bonchev–Trinajstić information content (AvgIpc) is 3.31. The molecule has 0 bridgehead atoms. The van der Waals surface area contributed by atoms with Crippen molar-refractivity contribution in [3.63, 3.8) is 0 Å². The molecule has 0 radical (unpaired) electrons. The van der Waals surface area contributed by atoms with Gasteiger partial charge in [0.2, 0.25) is 0 Å². The molecule has 14 nitrogen and oxygen atoms in total. The highest BCUT2D eigenvalue weighted by Gasteiger charge is 2.36. The van der Waals surface area contributed by atoms with Crippen LogP contribution in [0.2, 0.25) is 0 Å². The molecule has 0 heterocycles. The molecule has 0 aliphatic rings. The zero-order valence-corrected chi connectivity index (χ0v) is 36.4. The van der Waals surface area contributed by atoms with E-state index in [-0.39, 0.29) is 24.3 Å². The summed E-state index contributed by atoms with van der Waals surface area (Å²) in [4.78, 5) is 71.6. The van der Waals surface area contributed by atoms with Crippen LogP contribution < -0.4 is 18.9 Å². The molecule has 0 saturated heterocycles. The Morgan fingerprint density at radius 2 is 0.894 bits per heavy atom. The monoisotopic (exact) mass is 922 g/mol. The van der Waals surface area contributed by atoms with Gasteiger partial charge >= 0.3 is 42.0 Å². The summed E-state index contributed by atoms with van der Waals surface area (Å²) < 4.78 is 84.6. The molecule has 0 spiro atoms. The minimum atomic E-state index is -4.97. The summed E-state index contributed by atoms with van der Waals surface area (Å²) >= 11 is 0. The first-order chi connectivity index (χ1) is 31.6. The van der Waals surface area contributed by atoms with Gasteiger partial charge in [-0.25, -0.2) is 28.8 Å². The molecular weight excluding hydrogens is 870 g/mol. The number of hydrogen-bond donors (Lipinski definition) is 0. The van der Waals surface area contributed by atoms with Crippen LogP contribution in [0.15, 0.2) is 117 Å². The standard InChI is InChI=1S/C49H53F3O14/c1-5-43(53)61-32-39(63-45(55)7-3)17-13-9-11-15-29-59-36-23-19-34(20-24-36)47(57)65-38-27-28-42(41(31-38)49(50,51)52)66-48(58)35-21-25-37(26-22-35)60-30-16-12-10-14-18-40(64-46(56)8-4)33-62-44(54)6-2/h5-8,19-28,31,39-40H,1-4,9-18,29-30,32-33H2. The molecular formula is C49H53F3O14. The van der Waals surface area contributed by atoms with Crippen molar-refractivity contribution in [3.05, 3.63) is 134 Å². The number of alkyl halides is 3. The van der Waals surface area contributed by atoms with Crippen molar-refractivity contribution < 1.29 is 79.8 Å². The van der Waals surface area contributed by atoms with E-state index in [0.29, 0.717) is 69.3 Å². The van der Waals surface area contributed by atoms with Gasteiger partial charge in [-0.2, -0.15) is 13.2 Å². The maximum Gasteiger partial charge on any atom is 0.420 e. The quantitative estimate of drug-likeness (QED) is 0.0203. The Morgan fingerprint density at radius 3 is 1.30 bits per heavy atom. The fourth-order valence-corrected chi connectivity index (χ4v) is 5.86. The topological polar surface area (TPSA) is 176 Å². The van der Waals surface area contributed by atoms with Crippen molar-refractivity contribution >= 4 is 35.8 Å². The van der Waals surface area contributed by atoms with Gasteiger partial charge in [-0.15, -0.1) is 0 Å². The summed E-state index contributed by atoms with van der Waals surface area (Å²) in [6.45, 7) is 13.9. The van der Waals surface area contributed by atoms with E-state index in [1.54, 1.807) is 0 Å². The van der Waals surface area contributed by atoms with Gasteiger partial charge in [0.15, 0.2) is 0 Å². The van der Waals surface area contributed by atoms with Crippen molar-refractivity contribution in [1.82, 2.24) is 0 Å². The number of esters is 6. The van der Waals surface area contributed by atoms with E-state index in [0.717, 1.165) is 62.1 Å². The van der Waals surface area contributed by atoms with E-state index >= 15 is 0 Å². The van der Waals surface area contributed by atoms with Crippen LogP contribution in [0.3, 0.4) is 0 Å². The van der Waals surface area contributed by atoms with Crippen LogP contribution in [0.4, 0.5) is 13.2 Å². The third-order valence-electron chi connectivity index (χ3n) is 9.28. The molecule has 0 amide bonds. The highest BCUT2D eigenvalue weighted by Crippen LogP contribution is 2.39. The van der Waals surface area contributed by atoms with Gasteiger partial charge in [0.25, 0.3) is 0 Å². The highest BCUT2D eigenvalue weighted by molar-refractivity contribution is 5.92. The number of benzene rings is 3. The molecule has 66 heavy (non-hydrogen) atoms. The van der Waals surface area contributed by atoms with Crippen LogP contribution >= 0.6 is 0 Å². The molecule has 3 rings (SSSR count). The maximum atomic E-state index is 14.1. The Kier molecular flexibility index (Phi) is 23.0. The van der Waals surface area contributed by atoms with Crippen LogP contribution in [-0.4, -0.2) is 74.5 Å². The van der Waals surface area contributed by atoms with Gasteiger partial charge in [0.1, 0.15) is 54.0 Å². The second kappa shape index (κ2) is 28.6. The molecule has 354 valence electrons. The van der Waals surface area contributed by atoms with Gasteiger partial charge in [0, 0.05) is 24.3 Å². The number of unbranched alkanes of at least 4 members (excludes halogenated alkanes) is 6. The molecule has 17 heteroatoms. The average molecular weight is 923 g/mol. The Balaban J connectivity index is 1.42. The van der Waals surface area contributed by atoms with E-state index in [9.17, 15) is 41.9 Å². The van der Waals surface area contributed by atoms with Crippen molar-refractivity contribution in [2.45, 2.75) is 82.6 Å². The summed E-state index contributed by atoms with van der Waals surface area (Å²) in [7, 11) is 0. The van der Waals surface area contributed by atoms with Crippen molar-refractivity contribution in [2.24, 2.45) is 0 Å². The minimum absolute atomic E-state index is 0.0373. The summed E-state index contributed by atoms with van der Waals surface area (Å²) in [5.74, 6) is -4.82. The van der Waals surface area contributed by atoms with Gasteiger partial charge in [-0.3, -0.25) is 0 Å². The third-order valence-corrected chi connectivity index (χ3v) is 9.28. The lowest BCUT2D eigenvalue weighted by Crippen LogP contribution is -2.24. The fraction of sp³-hybridized carbons (Fsp3) is 0.347. The second-order valence-corrected chi connectivity index (χ2v) is 14.3. The number of halogens is 3. The Hall–Kier alpha value is -7.17. The van der Waals surface area contributed by atoms with Gasteiger partial charge in [-0.1, -0.05) is 52.0 Å². The highest BCUT2D eigenvalue weighted by atomic mass is 19.4. The number of rotatable bonds is 30. The molecule has 0 aromatic heterocycles. The molecule has 0 N–H and O–H groups in total. The maximum absolute atomic E-state index is 14.1. The SMILES string of the molecule is C=CC(=O)OCC(CCCCCCOc1ccc(C(=O)Oc2ccc(OC(=O)c3ccc(OCCCCCCC(COC(=O)C=C)OC(=O)C=C)cc3)c(C(F)(F)F)c2)cc1)OC(=O)C=C.